The largest absolute Gasteiger partial charge is 0.494 e. The van der Waals surface area contributed by atoms with E-state index in [0.717, 1.165) is 30.5 Å². The first kappa shape index (κ1) is 13.9. The molecule has 3 rings (SSSR count). The predicted octanol–water partition coefficient (Wildman–Crippen LogP) is 2.35. The molecule has 1 unspecified atom stereocenters. The van der Waals surface area contributed by atoms with Gasteiger partial charge in [-0.25, -0.2) is 14.4 Å². The Labute approximate surface area is 123 Å². The van der Waals surface area contributed by atoms with Gasteiger partial charge >= 0.3 is 0 Å². The number of aromatic nitrogens is 2. The zero-order chi connectivity index (χ0) is 14.8. The molecule has 1 aliphatic rings. The van der Waals surface area contributed by atoms with Crippen molar-refractivity contribution < 1.29 is 9.13 Å². The van der Waals surface area contributed by atoms with E-state index in [4.69, 9.17) is 10.5 Å². The molecule has 0 amide bonds. The van der Waals surface area contributed by atoms with Gasteiger partial charge < -0.3 is 10.5 Å². The SMILES string of the molecule is COc1cc(-c2ncc3c(n2)CCC(CN)C3)ccc1F. The van der Waals surface area contributed by atoms with Crippen molar-refractivity contribution >= 4 is 0 Å². The first-order valence-electron chi connectivity index (χ1n) is 7.10. The molecule has 2 N–H and O–H groups in total. The Morgan fingerprint density at radius 1 is 1.43 bits per heavy atom. The lowest BCUT2D eigenvalue weighted by atomic mass is 9.87. The summed E-state index contributed by atoms with van der Waals surface area (Å²) in [6.07, 6.45) is 4.80. The van der Waals surface area contributed by atoms with Crippen molar-refractivity contribution in [3.05, 3.63) is 41.5 Å². The molecule has 0 radical (unpaired) electrons. The third kappa shape index (κ3) is 2.74. The van der Waals surface area contributed by atoms with Gasteiger partial charge in [0.1, 0.15) is 0 Å². The molecule has 2 aromatic rings. The Kier molecular flexibility index (Phi) is 3.84. The molecule has 1 heterocycles. The van der Waals surface area contributed by atoms with Crippen molar-refractivity contribution in [3.63, 3.8) is 0 Å². The van der Waals surface area contributed by atoms with Gasteiger partial charge in [-0.15, -0.1) is 0 Å². The van der Waals surface area contributed by atoms with Gasteiger partial charge in [-0.2, -0.15) is 0 Å². The van der Waals surface area contributed by atoms with Crippen LogP contribution in [0.3, 0.4) is 0 Å². The Morgan fingerprint density at radius 2 is 2.29 bits per heavy atom. The van der Waals surface area contributed by atoms with Crippen molar-refractivity contribution in [2.45, 2.75) is 19.3 Å². The highest BCUT2D eigenvalue weighted by Crippen LogP contribution is 2.27. The summed E-state index contributed by atoms with van der Waals surface area (Å²) in [6, 6.07) is 4.68. The van der Waals surface area contributed by atoms with Crippen LogP contribution in [-0.2, 0) is 12.8 Å². The fraction of sp³-hybridized carbons (Fsp3) is 0.375. The number of methoxy groups -OCH3 is 1. The van der Waals surface area contributed by atoms with Crippen molar-refractivity contribution in [2.75, 3.05) is 13.7 Å². The summed E-state index contributed by atoms with van der Waals surface area (Å²) in [5, 5.41) is 0. The average Bonchev–Trinajstić information content (AvgIpc) is 2.54. The summed E-state index contributed by atoms with van der Waals surface area (Å²) in [5.74, 6) is 0.957. The molecule has 0 spiro atoms. The number of halogens is 1. The topological polar surface area (TPSA) is 61.0 Å². The van der Waals surface area contributed by atoms with E-state index >= 15 is 0 Å². The summed E-state index contributed by atoms with van der Waals surface area (Å²) in [4.78, 5) is 9.03. The lowest BCUT2D eigenvalue weighted by Gasteiger charge is -2.22. The van der Waals surface area contributed by atoms with Crippen LogP contribution in [0.2, 0.25) is 0 Å². The van der Waals surface area contributed by atoms with Crippen molar-refractivity contribution in [3.8, 4) is 17.1 Å². The highest BCUT2D eigenvalue weighted by molar-refractivity contribution is 5.58. The molecule has 5 heteroatoms. The third-order valence-electron chi connectivity index (χ3n) is 3.99. The van der Waals surface area contributed by atoms with E-state index in [1.54, 1.807) is 12.1 Å². The number of rotatable bonds is 3. The van der Waals surface area contributed by atoms with Crippen LogP contribution < -0.4 is 10.5 Å². The van der Waals surface area contributed by atoms with Crippen LogP contribution in [0.25, 0.3) is 11.4 Å². The van der Waals surface area contributed by atoms with Crippen molar-refractivity contribution in [1.82, 2.24) is 9.97 Å². The minimum Gasteiger partial charge on any atom is -0.494 e. The standard InChI is InChI=1S/C16H18FN3O/c1-21-15-7-11(3-4-13(15)17)16-19-9-12-6-10(8-18)2-5-14(12)20-16/h3-4,7,9-10H,2,5-6,8,18H2,1H3. The fourth-order valence-corrected chi connectivity index (χ4v) is 2.72. The average molecular weight is 287 g/mol. The van der Waals surface area contributed by atoms with Gasteiger partial charge in [0.25, 0.3) is 0 Å². The molecule has 0 fully saturated rings. The van der Waals surface area contributed by atoms with Gasteiger partial charge in [-0.05, 0) is 55.5 Å². The number of fused-ring (bicyclic) bond motifs is 1. The number of nitrogens with two attached hydrogens (primary N) is 1. The number of nitrogens with zero attached hydrogens (tertiary/aromatic N) is 2. The molecule has 1 atom stereocenters. The first-order valence-corrected chi connectivity index (χ1v) is 7.10. The minimum absolute atomic E-state index is 0.206. The molecule has 1 aliphatic carbocycles. The smallest absolute Gasteiger partial charge is 0.165 e. The molecule has 0 saturated heterocycles. The summed E-state index contributed by atoms with van der Waals surface area (Å²) in [5.41, 5.74) is 8.75. The summed E-state index contributed by atoms with van der Waals surface area (Å²) >= 11 is 0. The maximum absolute atomic E-state index is 13.5. The molecular weight excluding hydrogens is 269 g/mol. The van der Waals surface area contributed by atoms with Crippen LogP contribution in [0.1, 0.15) is 17.7 Å². The molecule has 4 nitrogen and oxygen atoms in total. The van der Waals surface area contributed by atoms with Gasteiger partial charge in [-0.1, -0.05) is 0 Å². The maximum atomic E-state index is 13.5. The lowest BCUT2D eigenvalue weighted by molar-refractivity contribution is 0.386. The molecule has 1 aromatic carbocycles. The van der Waals surface area contributed by atoms with Crippen molar-refractivity contribution in [2.24, 2.45) is 11.7 Å². The second-order valence-electron chi connectivity index (χ2n) is 5.36. The van der Waals surface area contributed by atoms with E-state index in [2.05, 4.69) is 9.97 Å². The number of benzene rings is 1. The zero-order valence-electron chi connectivity index (χ0n) is 12.0. The van der Waals surface area contributed by atoms with E-state index in [1.807, 2.05) is 6.20 Å². The fourth-order valence-electron chi connectivity index (χ4n) is 2.72. The van der Waals surface area contributed by atoms with Crippen LogP contribution in [0.5, 0.6) is 5.75 Å². The van der Waals surface area contributed by atoms with E-state index in [1.165, 1.54) is 18.7 Å². The van der Waals surface area contributed by atoms with Gasteiger partial charge in [0.2, 0.25) is 0 Å². The van der Waals surface area contributed by atoms with E-state index in [9.17, 15) is 4.39 Å². The minimum atomic E-state index is -0.384. The van der Waals surface area contributed by atoms with E-state index in [-0.39, 0.29) is 11.6 Å². The summed E-state index contributed by atoms with van der Waals surface area (Å²) in [6.45, 7) is 0.705. The van der Waals surface area contributed by atoms with Gasteiger partial charge in [0, 0.05) is 17.5 Å². The Bertz CT molecular complexity index is 660. The van der Waals surface area contributed by atoms with Crippen LogP contribution in [0, 0.1) is 11.7 Å². The second-order valence-corrected chi connectivity index (χ2v) is 5.36. The van der Waals surface area contributed by atoms with Crippen LogP contribution in [0.15, 0.2) is 24.4 Å². The first-order chi connectivity index (χ1) is 10.2. The zero-order valence-corrected chi connectivity index (χ0v) is 12.0. The van der Waals surface area contributed by atoms with Gasteiger partial charge in [-0.3, -0.25) is 0 Å². The van der Waals surface area contributed by atoms with Crippen molar-refractivity contribution in [1.29, 1.82) is 0 Å². The third-order valence-corrected chi connectivity index (χ3v) is 3.99. The molecule has 1 aromatic heterocycles. The molecule has 0 saturated carbocycles. The Hall–Kier alpha value is -2.01. The highest BCUT2D eigenvalue weighted by atomic mass is 19.1. The predicted molar refractivity (Wildman–Crippen MR) is 78.5 cm³/mol. The monoisotopic (exact) mass is 287 g/mol. The highest BCUT2D eigenvalue weighted by Gasteiger charge is 2.20. The molecule has 0 aliphatic heterocycles. The lowest BCUT2D eigenvalue weighted by Crippen LogP contribution is -2.23. The van der Waals surface area contributed by atoms with E-state index < -0.39 is 0 Å². The molecule has 0 bridgehead atoms. The summed E-state index contributed by atoms with van der Waals surface area (Å²) in [7, 11) is 1.45. The van der Waals surface area contributed by atoms with Gasteiger partial charge in [0.05, 0.1) is 7.11 Å². The number of hydrogen-bond donors (Lipinski definition) is 1. The Morgan fingerprint density at radius 3 is 3.05 bits per heavy atom. The molecule has 110 valence electrons. The normalized spacial score (nSPS) is 17.4. The maximum Gasteiger partial charge on any atom is 0.165 e. The second kappa shape index (κ2) is 5.77. The summed E-state index contributed by atoms with van der Waals surface area (Å²) < 4.78 is 18.5. The molecule has 21 heavy (non-hydrogen) atoms. The van der Waals surface area contributed by atoms with Crippen LogP contribution >= 0.6 is 0 Å². The number of aryl methyl sites for hydroxylation is 1. The number of hydrogen-bond acceptors (Lipinski definition) is 4. The van der Waals surface area contributed by atoms with E-state index in [0.29, 0.717) is 18.3 Å². The molecular formula is C16H18FN3O. The Balaban J connectivity index is 1.94. The quantitative estimate of drug-likeness (QED) is 0.941. The van der Waals surface area contributed by atoms with Gasteiger partial charge in [0.15, 0.2) is 17.4 Å². The number of ether oxygens (including phenoxy) is 1. The van der Waals surface area contributed by atoms with Crippen LogP contribution in [0.4, 0.5) is 4.39 Å². The van der Waals surface area contributed by atoms with Crippen LogP contribution in [-0.4, -0.2) is 23.6 Å².